The minimum absolute atomic E-state index is 0.212. The average molecular weight is 425 g/mol. The maximum Gasteiger partial charge on any atom is 0.256 e. The molecule has 1 N–H and O–H groups in total. The predicted molar refractivity (Wildman–Crippen MR) is 95.2 cm³/mol. The standard InChI is InChI=1S/C14H12IN5OS/c1-20-7-16-10-11(18-14(22-2)19-12(10)20)17-13(21)8-4-3-5-9(15)6-8/h3-7H,1-2H3,(H,17,18,19,21). The van der Waals surface area contributed by atoms with Crippen LogP contribution in [0.5, 0.6) is 0 Å². The van der Waals surface area contributed by atoms with E-state index >= 15 is 0 Å². The summed E-state index contributed by atoms with van der Waals surface area (Å²) >= 11 is 3.59. The van der Waals surface area contributed by atoms with Crippen molar-refractivity contribution in [1.82, 2.24) is 19.5 Å². The van der Waals surface area contributed by atoms with Crippen LogP contribution in [0.2, 0.25) is 0 Å². The van der Waals surface area contributed by atoms with E-state index in [1.165, 1.54) is 11.8 Å². The van der Waals surface area contributed by atoms with Crippen LogP contribution in [0.25, 0.3) is 11.2 Å². The van der Waals surface area contributed by atoms with Crippen molar-refractivity contribution in [3.63, 3.8) is 0 Å². The Kier molecular flexibility index (Phi) is 4.30. The molecule has 1 aromatic carbocycles. The zero-order valence-electron chi connectivity index (χ0n) is 11.9. The zero-order chi connectivity index (χ0) is 15.7. The quantitative estimate of drug-likeness (QED) is 0.397. The van der Waals surface area contributed by atoms with Gasteiger partial charge in [0.25, 0.3) is 5.91 Å². The molecule has 0 saturated carbocycles. The number of carbonyl (C=O) groups excluding carboxylic acids is 1. The second-order valence-electron chi connectivity index (χ2n) is 4.55. The summed E-state index contributed by atoms with van der Waals surface area (Å²) in [5.41, 5.74) is 1.86. The molecule has 0 fully saturated rings. The van der Waals surface area contributed by atoms with Crippen LogP contribution in [0.3, 0.4) is 0 Å². The summed E-state index contributed by atoms with van der Waals surface area (Å²) in [5.74, 6) is 0.218. The molecule has 0 radical (unpaired) electrons. The molecule has 8 heteroatoms. The number of aromatic nitrogens is 4. The van der Waals surface area contributed by atoms with Crippen molar-refractivity contribution < 1.29 is 4.79 Å². The molecule has 0 saturated heterocycles. The number of anilines is 1. The van der Waals surface area contributed by atoms with E-state index in [1.54, 1.807) is 17.0 Å². The highest BCUT2D eigenvalue weighted by Crippen LogP contribution is 2.22. The van der Waals surface area contributed by atoms with E-state index in [-0.39, 0.29) is 5.91 Å². The number of rotatable bonds is 3. The van der Waals surface area contributed by atoms with Crippen molar-refractivity contribution in [2.45, 2.75) is 5.16 Å². The van der Waals surface area contributed by atoms with Crippen LogP contribution in [0.1, 0.15) is 10.4 Å². The number of carbonyl (C=O) groups is 1. The number of benzene rings is 1. The highest BCUT2D eigenvalue weighted by atomic mass is 127. The first-order valence-electron chi connectivity index (χ1n) is 6.38. The molecule has 0 atom stereocenters. The summed E-state index contributed by atoms with van der Waals surface area (Å²) < 4.78 is 2.80. The number of nitrogens with one attached hydrogen (secondary N) is 1. The highest BCUT2D eigenvalue weighted by molar-refractivity contribution is 14.1. The Hall–Kier alpha value is -1.68. The largest absolute Gasteiger partial charge is 0.318 e. The Balaban J connectivity index is 2.01. The number of nitrogens with zero attached hydrogens (tertiary/aromatic N) is 4. The number of hydrogen-bond acceptors (Lipinski definition) is 5. The van der Waals surface area contributed by atoms with Crippen molar-refractivity contribution in [2.75, 3.05) is 11.6 Å². The van der Waals surface area contributed by atoms with Gasteiger partial charge in [0.05, 0.1) is 6.33 Å². The molecule has 22 heavy (non-hydrogen) atoms. The lowest BCUT2D eigenvalue weighted by Crippen LogP contribution is -2.14. The number of aryl methyl sites for hydroxylation is 1. The Morgan fingerprint density at radius 2 is 2.18 bits per heavy atom. The molecule has 1 amide bonds. The highest BCUT2D eigenvalue weighted by Gasteiger charge is 2.15. The molecule has 0 unspecified atom stereocenters. The molecule has 0 aliphatic heterocycles. The van der Waals surface area contributed by atoms with E-state index in [4.69, 9.17) is 0 Å². The third-order valence-corrected chi connectivity index (χ3v) is 4.26. The van der Waals surface area contributed by atoms with E-state index < -0.39 is 0 Å². The van der Waals surface area contributed by atoms with Crippen molar-refractivity contribution in [1.29, 1.82) is 0 Å². The normalized spacial score (nSPS) is 10.9. The summed E-state index contributed by atoms with van der Waals surface area (Å²) in [7, 11) is 1.86. The van der Waals surface area contributed by atoms with Gasteiger partial charge in [-0.05, 0) is 47.0 Å². The van der Waals surface area contributed by atoms with Gasteiger partial charge in [-0.2, -0.15) is 0 Å². The molecule has 3 rings (SSSR count). The smallest absolute Gasteiger partial charge is 0.256 e. The van der Waals surface area contributed by atoms with Crippen LogP contribution in [0, 0.1) is 3.57 Å². The third kappa shape index (κ3) is 2.93. The second kappa shape index (κ2) is 6.21. The number of thioether (sulfide) groups is 1. The number of fused-ring (bicyclic) bond motifs is 1. The molecule has 0 aliphatic rings. The average Bonchev–Trinajstić information content (AvgIpc) is 2.89. The van der Waals surface area contributed by atoms with Gasteiger partial charge in [-0.25, -0.2) is 15.0 Å². The van der Waals surface area contributed by atoms with Gasteiger partial charge < -0.3 is 9.88 Å². The third-order valence-electron chi connectivity index (χ3n) is 3.04. The first kappa shape index (κ1) is 15.2. The fraction of sp³-hybridized carbons (Fsp3) is 0.143. The molecule has 2 heterocycles. The molecule has 0 bridgehead atoms. The number of halogens is 1. The van der Waals surface area contributed by atoms with E-state index in [9.17, 15) is 4.79 Å². The lowest BCUT2D eigenvalue weighted by atomic mass is 10.2. The van der Waals surface area contributed by atoms with Crippen molar-refractivity contribution in [3.8, 4) is 0 Å². The second-order valence-corrected chi connectivity index (χ2v) is 6.57. The van der Waals surface area contributed by atoms with Crippen LogP contribution in [0.4, 0.5) is 5.82 Å². The van der Waals surface area contributed by atoms with Gasteiger partial charge in [0.15, 0.2) is 22.1 Å². The molecular weight excluding hydrogens is 413 g/mol. The van der Waals surface area contributed by atoms with Crippen LogP contribution in [-0.4, -0.2) is 31.7 Å². The summed E-state index contributed by atoms with van der Waals surface area (Å²) in [6.45, 7) is 0. The summed E-state index contributed by atoms with van der Waals surface area (Å²) in [6.07, 6.45) is 3.55. The van der Waals surface area contributed by atoms with Gasteiger partial charge in [-0.15, -0.1) is 0 Å². The molecule has 0 spiro atoms. The van der Waals surface area contributed by atoms with Crippen LogP contribution in [0.15, 0.2) is 35.7 Å². The van der Waals surface area contributed by atoms with Gasteiger partial charge in [0, 0.05) is 16.2 Å². The van der Waals surface area contributed by atoms with Crippen LogP contribution >= 0.6 is 34.4 Å². The van der Waals surface area contributed by atoms with Gasteiger partial charge in [-0.3, -0.25) is 4.79 Å². The Morgan fingerprint density at radius 3 is 2.91 bits per heavy atom. The van der Waals surface area contributed by atoms with Gasteiger partial charge >= 0.3 is 0 Å². The molecular formula is C14H12IN5OS. The van der Waals surface area contributed by atoms with Crippen molar-refractivity contribution >= 4 is 57.2 Å². The van der Waals surface area contributed by atoms with Crippen molar-refractivity contribution in [3.05, 3.63) is 39.7 Å². The number of amides is 1. The van der Waals surface area contributed by atoms with Gasteiger partial charge in [0.1, 0.15) is 0 Å². The van der Waals surface area contributed by atoms with Crippen LogP contribution in [-0.2, 0) is 7.05 Å². The van der Waals surface area contributed by atoms with E-state index in [0.29, 0.717) is 27.7 Å². The Bertz CT molecular complexity index is 864. The molecule has 2 aromatic heterocycles. The lowest BCUT2D eigenvalue weighted by molar-refractivity contribution is 0.102. The monoisotopic (exact) mass is 425 g/mol. The first-order chi connectivity index (χ1) is 10.6. The van der Waals surface area contributed by atoms with E-state index in [1.807, 2.05) is 31.5 Å². The maximum absolute atomic E-state index is 12.4. The zero-order valence-corrected chi connectivity index (χ0v) is 14.8. The SMILES string of the molecule is CSc1nc(NC(=O)c2cccc(I)c2)c2ncn(C)c2n1. The first-order valence-corrected chi connectivity index (χ1v) is 8.69. The van der Waals surface area contributed by atoms with Gasteiger partial charge in [0.2, 0.25) is 0 Å². The fourth-order valence-electron chi connectivity index (χ4n) is 1.97. The molecule has 6 nitrogen and oxygen atoms in total. The van der Waals surface area contributed by atoms with E-state index in [2.05, 4.69) is 42.9 Å². The Morgan fingerprint density at radius 1 is 1.36 bits per heavy atom. The lowest BCUT2D eigenvalue weighted by Gasteiger charge is -2.07. The minimum atomic E-state index is -0.212. The minimum Gasteiger partial charge on any atom is -0.318 e. The van der Waals surface area contributed by atoms with Crippen LogP contribution < -0.4 is 5.32 Å². The maximum atomic E-state index is 12.4. The van der Waals surface area contributed by atoms with E-state index in [0.717, 1.165) is 3.57 Å². The summed E-state index contributed by atoms with van der Waals surface area (Å²) in [6, 6.07) is 7.37. The molecule has 0 aliphatic carbocycles. The number of imidazole rings is 1. The Labute approximate surface area is 144 Å². The molecule has 112 valence electrons. The van der Waals surface area contributed by atoms with Gasteiger partial charge in [-0.1, -0.05) is 17.8 Å². The molecule has 3 aromatic rings. The van der Waals surface area contributed by atoms with Crippen molar-refractivity contribution in [2.24, 2.45) is 7.05 Å². The fourth-order valence-corrected chi connectivity index (χ4v) is 2.88. The summed E-state index contributed by atoms with van der Waals surface area (Å²) in [5, 5.41) is 3.43. The number of hydrogen-bond donors (Lipinski definition) is 1. The summed E-state index contributed by atoms with van der Waals surface area (Å²) in [4.78, 5) is 25.4. The topological polar surface area (TPSA) is 72.7 Å². The predicted octanol–water partition coefficient (Wildman–Crippen LogP) is 2.94.